The minimum atomic E-state index is -0.598. The van der Waals surface area contributed by atoms with Gasteiger partial charge in [0.2, 0.25) is 0 Å². The lowest BCUT2D eigenvalue weighted by Crippen LogP contribution is -2.17. The number of carbonyl (C=O) groups excluding carboxylic acids is 1. The van der Waals surface area contributed by atoms with E-state index in [0.29, 0.717) is 48.4 Å². The summed E-state index contributed by atoms with van der Waals surface area (Å²) in [6.07, 6.45) is 1.38. The third-order valence-corrected chi connectivity index (χ3v) is 6.24. The SMILES string of the molecule is CCOc1cc(COc2c(Cl)cc(/C=N/NC(=O)c3cccc([N+](=O)[O-])c3)cc2OCC)ccc1OCc1ccccc1. The van der Waals surface area contributed by atoms with Crippen molar-refractivity contribution in [2.24, 2.45) is 5.10 Å². The summed E-state index contributed by atoms with van der Waals surface area (Å²) in [4.78, 5) is 22.8. The molecule has 1 amide bonds. The standard InChI is InChI=1S/C32H30ClN3O7/c1-3-40-29-16-23(13-14-28(29)42-20-22-9-6-5-7-10-22)21-43-31-27(33)15-24(17-30(31)41-4-2)19-34-35-32(37)25-11-8-12-26(18-25)36(38)39/h5-19H,3-4,20-21H2,1-2H3,(H,35,37)/b34-19+. The van der Waals surface area contributed by atoms with Crippen LogP contribution in [0.2, 0.25) is 5.02 Å². The van der Waals surface area contributed by atoms with E-state index in [1.165, 1.54) is 30.5 Å². The summed E-state index contributed by atoms with van der Waals surface area (Å²) in [5.41, 5.74) is 4.69. The van der Waals surface area contributed by atoms with Crippen molar-refractivity contribution in [1.82, 2.24) is 5.43 Å². The summed E-state index contributed by atoms with van der Waals surface area (Å²) in [6, 6.07) is 24.1. The van der Waals surface area contributed by atoms with Crippen LogP contribution < -0.4 is 24.4 Å². The Morgan fingerprint density at radius 1 is 0.837 bits per heavy atom. The fraction of sp³-hybridized carbons (Fsp3) is 0.188. The minimum Gasteiger partial charge on any atom is -0.490 e. The number of ether oxygens (including phenoxy) is 4. The summed E-state index contributed by atoms with van der Waals surface area (Å²) in [7, 11) is 0. The van der Waals surface area contributed by atoms with E-state index in [1.807, 2.05) is 62.4 Å². The second-order valence-corrected chi connectivity index (χ2v) is 9.45. The number of non-ortho nitro benzene ring substituents is 1. The summed E-state index contributed by atoms with van der Waals surface area (Å²) >= 11 is 6.56. The molecule has 0 aromatic heterocycles. The van der Waals surface area contributed by atoms with Gasteiger partial charge in [0.15, 0.2) is 23.0 Å². The predicted molar refractivity (Wildman–Crippen MR) is 163 cm³/mol. The molecule has 222 valence electrons. The molecule has 0 fully saturated rings. The molecule has 0 aliphatic carbocycles. The van der Waals surface area contributed by atoms with Gasteiger partial charge in [0.25, 0.3) is 11.6 Å². The molecule has 0 radical (unpaired) electrons. The van der Waals surface area contributed by atoms with Crippen molar-refractivity contribution in [2.75, 3.05) is 13.2 Å². The minimum absolute atomic E-state index is 0.103. The van der Waals surface area contributed by atoms with Gasteiger partial charge >= 0.3 is 0 Å². The molecule has 0 atom stereocenters. The van der Waals surface area contributed by atoms with Gasteiger partial charge in [-0.05, 0) is 60.9 Å². The van der Waals surface area contributed by atoms with Crippen LogP contribution in [-0.2, 0) is 13.2 Å². The van der Waals surface area contributed by atoms with Crippen molar-refractivity contribution in [1.29, 1.82) is 0 Å². The van der Waals surface area contributed by atoms with Crippen LogP contribution >= 0.6 is 11.6 Å². The molecule has 0 aliphatic heterocycles. The number of hydrogen-bond donors (Lipinski definition) is 1. The molecule has 43 heavy (non-hydrogen) atoms. The molecule has 4 rings (SSSR count). The number of benzene rings is 4. The Morgan fingerprint density at radius 2 is 1.58 bits per heavy atom. The monoisotopic (exact) mass is 603 g/mol. The molecule has 0 saturated carbocycles. The van der Waals surface area contributed by atoms with Crippen LogP contribution in [0.25, 0.3) is 0 Å². The van der Waals surface area contributed by atoms with Gasteiger partial charge in [-0.3, -0.25) is 14.9 Å². The second kappa shape index (κ2) is 15.2. The smallest absolute Gasteiger partial charge is 0.271 e. The average molecular weight is 604 g/mol. The van der Waals surface area contributed by atoms with Crippen LogP contribution in [0.4, 0.5) is 5.69 Å². The maximum absolute atomic E-state index is 12.4. The highest BCUT2D eigenvalue weighted by atomic mass is 35.5. The molecule has 0 unspecified atom stereocenters. The Balaban J connectivity index is 1.44. The molecule has 10 nitrogen and oxygen atoms in total. The molecule has 0 heterocycles. The molecule has 1 N–H and O–H groups in total. The van der Waals surface area contributed by atoms with Crippen LogP contribution in [0.15, 0.2) is 90.0 Å². The zero-order chi connectivity index (χ0) is 30.6. The van der Waals surface area contributed by atoms with Crippen LogP contribution in [0.1, 0.15) is 40.9 Å². The molecule has 0 aliphatic rings. The second-order valence-electron chi connectivity index (χ2n) is 9.05. The number of nitro benzene ring substituents is 1. The molecule has 0 saturated heterocycles. The number of amides is 1. The summed E-state index contributed by atoms with van der Waals surface area (Å²) < 4.78 is 23.6. The van der Waals surface area contributed by atoms with E-state index in [2.05, 4.69) is 10.5 Å². The highest BCUT2D eigenvalue weighted by Crippen LogP contribution is 2.37. The molecular weight excluding hydrogens is 574 g/mol. The largest absolute Gasteiger partial charge is 0.490 e. The first-order chi connectivity index (χ1) is 20.9. The van der Waals surface area contributed by atoms with Crippen LogP contribution in [0, 0.1) is 10.1 Å². The van der Waals surface area contributed by atoms with Gasteiger partial charge in [-0.2, -0.15) is 5.10 Å². The summed E-state index contributed by atoms with van der Waals surface area (Å²) in [5.74, 6) is 1.38. The van der Waals surface area contributed by atoms with Gasteiger partial charge in [0.1, 0.15) is 13.2 Å². The maximum Gasteiger partial charge on any atom is 0.271 e. The lowest BCUT2D eigenvalue weighted by molar-refractivity contribution is -0.384. The third kappa shape index (κ3) is 8.70. The first-order valence-electron chi connectivity index (χ1n) is 13.5. The van der Waals surface area contributed by atoms with Crippen LogP contribution in [-0.4, -0.2) is 30.3 Å². The predicted octanol–water partition coefficient (Wildman–Crippen LogP) is 6.97. The topological polar surface area (TPSA) is 122 Å². The Morgan fingerprint density at radius 3 is 2.33 bits per heavy atom. The Labute approximate surface area is 254 Å². The quantitative estimate of drug-likeness (QED) is 0.0938. The van der Waals surface area contributed by atoms with Crippen molar-refractivity contribution in [3.8, 4) is 23.0 Å². The zero-order valence-electron chi connectivity index (χ0n) is 23.6. The number of nitrogens with one attached hydrogen (secondary N) is 1. The molecule has 0 spiro atoms. The maximum atomic E-state index is 12.4. The van der Waals surface area contributed by atoms with Gasteiger partial charge in [-0.25, -0.2) is 5.43 Å². The van der Waals surface area contributed by atoms with Gasteiger partial charge in [-0.15, -0.1) is 0 Å². The molecular formula is C32H30ClN3O7. The lowest BCUT2D eigenvalue weighted by atomic mass is 10.2. The fourth-order valence-corrected chi connectivity index (χ4v) is 4.25. The van der Waals surface area contributed by atoms with E-state index in [1.54, 1.807) is 12.1 Å². The zero-order valence-corrected chi connectivity index (χ0v) is 24.4. The number of carbonyl (C=O) groups is 1. The van der Waals surface area contributed by atoms with Crippen molar-refractivity contribution >= 4 is 29.4 Å². The van der Waals surface area contributed by atoms with Gasteiger partial charge in [0, 0.05) is 17.7 Å². The number of hydrogen-bond acceptors (Lipinski definition) is 8. The number of hydrazone groups is 1. The summed E-state index contributed by atoms with van der Waals surface area (Å²) in [6.45, 7) is 5.17. The molecule has 4 aromatic rings. The van der Waals surface area contributed by atoms with E-state index >= 15 is 0 Å². The molecule has 4 aromatic carbocycles. The lowest BCUT2D eigenvalue weighted by Gasteiger charge is -2.16. The highest BCUT2D eigenvalue weighted by molar-refractivity contribution is 6.32. The van der Waals surface area contributed by atoms with Crippen molar-refractivity contribution in [3.05, 3.63) is 122 Å². The first-order valence-corrected chi connectivity index (χ1v) is 13.8. The van der Waals surface area contributed by atoms with E-state index in [9.17, 15) is 14.9 Å². The number of nitrogens with zero attached hydrogens (tertiary/aromatic N) is 2. The Hall–Kier alpha value is -5.09. The van der Waals surface area contributed by atoms with Crippen LogP contribution in [0.5, 0.6) is 23.0 Å². The third-order valence-electron chi connectivity index (χ3n) is 5.96. The van der Waals surface area contributed by atoms with Gasteiger partial charge in [-0.1, -0.05) is 54.1 Å². The van der Waals surface area contributed by atoms with Gasteiger partial charge in [0.05, 0.1) is 29.4 Å². The van der Waals surface area contributed by atoms with Gasteiger partial charge < -0.3 is 18.9 Å². The molecule has 11 heteroatoms. The fourth-order valence-electron chi connectivity index (χ4n) is 3.98. The Kier molecular flexibility index (Phi) is 10.9. The van der Waals surface area contributed by atoms with E-state index in [-0.39, 0.29) is 22.9 Å². The van der Waals surface area contributed by atoms with E-state index in [0.717, 1.165) is 11.1 Å². The van der Waals surface area contributed by atoms with Crippen molar-refractivity contribution in [2.45, 2.75) is 27.1 Å². The average Bonchev–Trinajstić information content (AvgIpc) is 3.01. The summed E-state index contributed by atoms with van der Waals surface area (Å²) in [5, 5.41) is 15.2. The van der Waals surface area contributed by atoms with Crippen molar-refractivity contribution < 1.29 is 28.7 Å². The normalized spacial score (nSPS) is 10.8. The number of rotatable bonds is 14. The highest BCUT2D eigenvalue weighted by Gasteiger charge is 2.15. The Bertz CT molecular complexity index is 1600. The number of halogens is 1. The molecule has 0 bridgehead atoms. The van der Waals surface area contributed by atoms with E-state index in [4.69, 9.17) is 30.5 Å². The first kappa shape index (κ1) is 30.9. The van der Waals surface area contributed by atoms with E-state index < -0.39 is 10.8 Å². The number of nitro groups is 1. The van der Waals surface area contributed by atoms with Crippen molar-refractivity contribution in [3.63, 3.8) is 0 Å². The van der Waals surface area contributed by atoms with Crippen LogP contribution in [0.3, 0.4) is 0 Å².